The van der Waals surface area contributed by atoms with Gasteiger partial charge < -0.3 is 4.84 Å². The van der Waals surface area contributed by atoms with E-state index in [1.807, 2.05) is 6.07 Å². The Kier molecular flexibility index (Phi) is 4.25. The zero-order chi connectivity index (χ0) is 13.5. The lowest BCUT2D eigenvalue weighted by Gasteiger charge is -1.99. The van der Waals surface area contributed by atoms with Crippen molar-refractivity contribution in [2.75, 3.05) is 0 Å². The summed E-state index contributed by atoms with van der Waals surface area (Å²) in [4.78, 5) is 5.07. The molecule has 0 amide bonds. The summed E-state index contributed by atoms with van der Waals surface area (Å²) < 4.78 is 12.9. The van der Waals surface area contributed by atoms with E-state index in [-0.39, 0.29) is 12.4 Å². The molecule has 0 saturated heterocycles. The Morgan fingerprint density at radius 3 is 2.68 bits per heavy atom. The lowest BCUT2D eigenvalue weighted by molar-refractivity contribution is 0.132. The van der Waals surface area contributed by atoms with E-state index in [0.717, 1.165) is 11.1 Å². The van der Waals surface area contributed by atoms with E-state index in [1.54, 1.807) is 42.6 Å². The van der Waals surface area contributed by atoms with Gasteiger partial charge in [0.05, 0.1) is 17.8 Å². The summed E-state index contributed by atoms with van der Waals surface area (Å²) >= 11 is 0. The summed E-state index contributed by atoms with van der Waals surface area (Å²) in [5.41, 5.74) is 2.15. The van der Waals surface area contributed by atoms with Crippen LogP contribution in [0.1, 0.15) is 16.7 Å². The lowest BCUT2D eigenvalue weighted by atomic mass is 10.2. The predicted molar refractivity (Wildman–Crippen MR) is 69.9 cm³/mol. The van der Waals surface area contributed by atoms with Crippen LogP contribution in [0.2, 0.25) is 0 Å². The maximum atomic E-state index is 12.9. The number of oxime groups is 1. The molecule has 94 valence electrons. The van der Waals surface area contributed by atoms with Crippen molar-refractivity contribution in [1.82, 2.24) is 0 Å². The van der Waals surface area contributed by atoms with Crippen molar-refractivity contribution in [3.63, 3.8) is 0 Å². The molecule has 0 aliphatic carbocycles. The monoisotopic (exact) mass is 254 g/mol. The Morgan fingerprint density at radius 2 is 2.00 bits per heavy atom. The van der Waals surface area contributed by atoms with Gasteiger partial charge in [-0.25, -0.2) is 4.39 Å². The van der Waals surface area contributed by atoms with Crippen LogP contribution in [-0.4, -0.2) is 6.21 Å². The number of nitriles is 1. The predicted octanol–water partition coefficient (Wildman–Crippen LogP) is 3.25. The normalized spacial score (nSPS) is 10.3. The number of halogens is 1. The third-order valence-corrected chi connectivity index (χ3v) is 2.44. The van der Waals surface area contributed by atoms with Crippen LogP contribution in [-0.2, 0) is 11.4 Å². The zero-order valence-corrected chi connectivity index (χ0v) is 10.1. The van der Waals surface area contributed by atoms with E-state index in [1.165, 1.54) is 12.1 Å². The summed E-state index contributed by atoms with van der Waals surface area (Å²) in [6.45, 7) is 0.213. The molecule has 0 spiro atoms. The quantitative estimate of drug-likeness (QED) is 0.621. The van der Waals surface area contributed by atoms with Crippen molar-refractivity contribution in [3.8, 4) is 6.07 Å². The minimum absolute atomic E-state index is 0.213. The van der Waals surface area contributed by atoms with Crippen LogP contribution in [0.4, 0.5) is 4.39 Å². The number of hydrogen-bond donors (Lipinski definition) is 0. The van der Waals surface area contributed by atoms with Gasteiger partial charge in [-0.05, 0) is 35.4 Å². The van der Waals surface area contributed by atoms with E-state index in [9.17, 15) is 4.39 Å². The minimum Gasteiger partial charge on any atom is -0.391 e. The van der Waals surface area contributed by atoms with E-state index >= 15 is 0 Å². The van der Waals surface area contributed by atoms with Crippen molar-refractivity contribution in [2.45, 2.75) is 6.61 Å². The molecule has 0 atom stereocenters. The maximum Gasteiger partial charge on any atom is 0.142 e. The zero-order valence-electron chi connectivity index (χ0n) is 10.1. The molecule has 0 aliphatic rings. The van der Waals surface area contributed by atoms with Crippen molar-refractivity contribution in [2.24, 2.45) is 5.16 Å². The van der Waals surface area contributed by atoms with Crippen molar-refractivity contribution >= 4 is 6.21 Å². The minimum atomic E-state index is -0.294. The number of benzene rings is 2. The molecule has 2 rings (SSSR count). The van der Waals surface area contributed by atoms with Gasteiger partial charge in [-0.15, -0.1) is 0 Å². The van der Waals surface area contributed by atoms with Crippen LogP contribution in [0.25, 0.3) is 0 Å². The topological polar surface area (TPSA) is 45.4 Å². The van der Waals surface area contributed by atoms with Crippen LogP contribution in [0.15, 0.2) is 53.7 Å². The first-order chi connectivity index (χ1) is 9.28. The van der Waals surface area contributed by atoms with E-state index in [0.29, 0.717) is 5.56 Å². The summed E-state index contributed by atoms with van der Waals surface area (Å²) in [6.07, 6.45) is 1.54. The molecule has 4 heteroatoms. The third kappa shape index (κ3) is 3.93. The van der Waals surface area contributed by atoms with Crippen LogP contribution in [0.5, 0.6) is 0 Å². The van der Waals surface area contributed by atoms with Crippen molar-refractivity contribution in [1.29, 1.82) is 5.26 Å². The van der Waals surface area contributed by atoms with Gasteiger partial charge in [0.15, 0.2) is 0 Å². The first kappa shape index (κ1) is 12.8. The Labute approximate surface area is 110 Å². The molecule has 0 unspecified atom stereocenters. The van der Waals surface area contributed by atoms with E-state index in [2.05, 4.69) is 5.16 Å². The van der Waals surface area contributed by atoms with Gasteiger partial charge in [0.2, 0.25) is 0 Å². The van der Waals surface area contributed by atoms with Gasteiger partial charge in [0, 0.05) is 0 Å². The maximum absolute atomic E-state index is 12.9. The molecule has 19 heavy (non-hydrogen) atoms. The molecule has 0 aromatic heterocycles. The molecular formula is C15H11FN2O. The smallest absolute Gasteiger partial charge is 0.142 e. The number of rotatable bonds is 4. The standard InChI is InChI=1S/C15H11FN2O/c16-15-3-1-2-14(8-15)11-19-18-10-13-6-4-12(9-17)5-7-13/h1-8,10H,11H2. The molecule has 0 saturated carbocycles. The van der Waals surface area contributed by atoms with Crippen LogP contribution < -0.4 is 0 Å². The van der Waals surface area contributed by atoms with Gasteiger partial charge in [-0.1, -0.05) is 29.4 Å². The van der Waals surface area contributed by atoms with E-state index in [4.69, 9.17) is 10.1 Å². The van der Waals surface area contributed by atoms with Crippen LogP contribution >= 0.6 is 0 Å². The fraction of sp³-hybridized carbons (Fsp3) is 0.0667. The molecule has 3 nitrogen and oxygen atoms in total. The van der Waals surface area contributed by atoms with Crippen molar-refractivity contribution < 1.29 is 9.23 Å². The van der Waals surface area contributed by atoms with Crippen molar-refractivity contribution in [3.05, 3.63) is 71.0 Å². The lowest BCUT2D eigenvalue weighted by Crippen LogP contribution is -1.89. The van der Waals surface area contributed by atoms with Gasteiger partial charge >= 0.3 is 0 Å². The van der Waals surface area contributed by atoms with Crippen LogP contribution in [0.3, 0.4) is 0 Å². The number of nitrogens with zero attached hydrogens (tertiary/aromatic N) is 2. The molecule has 0 heterocycles. The summed E-state index contributed by atoms with van der Waals surface area (Å²) in [6, 6.07) is 15.2. The summed E-state index contributed by atoms with van der Waals surface area (Å²) in [5, 5.41) is 12.4. The Hall–Kier alpha value is -2.67. The molecule has 0 aliphatic heterocycles. The third-order valence-electron chi connectivity index (χ3n) is 2.44. The highest BCUT2D eigenvalue weighted by Crippen LogP contribution is 2.05. The molecule has 0 radical (unpaired) electrons. The first-order valence-corrected chi connectivity index (χ1v) is 5.68. The van der Waals surface area contributed by atoms with Gasteiger partial charge in [-0.2, -0.15) is 5.26 Å². The average Bonchev–Trinajstić information content (AvgIpc) is 2.44. The fourth-order valence-corrected chi connectivity index (χ4v) is 1.48. The molecule has 2 aromatic rings. The average molecular weight is 254 g/mol. The SMILES string of the molecule is N#Cc1ccc(C=NOCc2cccc(F)c2)cc1. The molecular weight excluding hydrogens is 243 g/mol. The second kappa shape index (κ2) is 6.31. The van der Waals surface area contributed by atoms with E-state index < -0.39 is 0 Å². The Morgan fingerprint density at radius 1 is 1.21 bits per heavy atom. The second-order valence-electron chi connectivity index (χ2n) is 3.87. The first-order valence-electron chi connectivity index (χ1n) is 5.68. The molecule has 2 aromatic carbocycles. The second-order valence-corrected chi connectivity index (χ2v) is 3.87. The molecule has 0 N–H and O–H groups in total. The highest BCUT2D eigenvalue weighted by molar-refractivity contribution is 5.79. The van der Waals surface area contributed by atoms with Gasteiger partial charge in [0.1, 0.15) is 12.4 Å². The van der Waals surface area contributed by atoms with Crippen LogP contribution in [0, 0.1) is 17.1 Å². The van der Waals surface area contributed by atoms with Gasteiger partial charge in [0.25, 0.3) is 0 Å². The molecule has 0 bridgehead atoms. The Bertz CT molecular complexity index is 615. The summed E-state index contributed by atoms with van der Waals surface area (Å²) in [7, 11) is 0. The highest BCUT2D eigenvalue weighted by Gasteiger charge is 1.95. The largest absolute Gasteiger partial charge is 0.391 e. The fourth-order valence-electron chi connectivity index (χ4n) is 1.48. The Balaban J connectivity index is 1.88. The molecule has 0 fully saturated rings. The summed E-state index contributed by atoms with van der Waals surface area (Å²) in [5.74, 6) is -0.294. The van der Waals surface area contributed by atoms with Gasteiger partial charge in [-0.3, -0.25) is 0 Å². The number of hydrogen-bond acceptors (Lipinski definition) is 3. The highest BCUT2D eigenvalue weighted by atomic mass is 19.1.